The van der Waals surface area contributed by atoms with E-state index in [1.807, 2.05) is 0 Å². The molecule has 0 unspecified atom stereocenters. The normalized spacial score (nSPS) is 10.3. The third-order valence-electron chi connectivity index (χ3n) is 2.71. The largest absolute Gasteiger partial charge is 1.00 e. The fourth-order valence-electron chi connectivity index (χ4n) is 1.26. The number of halogens is 1. The van der Waals surface area contributed by atoms with Crippen LogP contribution in [0.1, 0.15) is 46.5 Å². The molecule has 0 aliphatic rings. The van der Waals surface area contributed by atoms with E-state index >= 15 is 0 Å². The molecule has 0 aromatic carbocycles. The summed E-state index contributed by atoms with van der Waals surface area (Å²) >= 11 is 0. The van der Waals surface area contributed by atoms with Gasteiger partial charge in [-0.2, -0.15) is 0 Å². The summed E-state index contributed by atoms with van der Waals surface area (Å²) < 4.78 is 2.21. The van der Waals surface area contributed by atoms with Crippen molar-refractivity contribution >= 4 is 5.97 Å². The van der Waals surface area contributed by atoms with E-state index in [4.69, 9.17) is 0 Å². The molecule has 142 valence electrons. The van der Waals surface area contributed by atoms with E-state index in [9.17, 15) is 9.90 Å². The molecule has 0 aliphatic carbocycles. The number of aliphatic carboxylic acids is 1. The number of carbonyl (C=O) groups excluding carboxylic acids is 1. The topological polar surface area (TPSA) is 40.1 Å². The van der Waals surface area contributed by atoms with E-state index in [1.54, 1.807) is 0 Å². The number of rotatable bonds is 7. The second kappa shape index (κ2) is 16.3. The van der Waals surface area contributed by atoms with Gasteiger partial charge in [0.2, 0.25) is 0 Å². The molecule has 0 rings (SSSR count). The van der Waals surface area contributed by atoms with Crippen molar-refractivity contribution in [2.45, 2.75) is 46.5 Å². The number of hydrogen-bond donors (Lipinski definition) is 0. The molecule has 0 radical (unpaired) electrons. The minimum Gasteiger partial charge on any atom is -1.00 e. The van der Waals surface area contributed by atoms with Gasteiger partial charge in [0.1, 0.15) is 0 Å². The average Bonchev–Trinajstić information content (AvgIpc) is 2.33. The van der Waals surface area contributed by atoms with E-state index in [0.717, 1.165) is 8.97 Å². The number of nitrogens with zero attached hydrogens (tertiary/aromatic N) is 2. The monoisotopic (exact) mass is 352 g/mol. The molecule has 0 N–H and O–H groups in total. The molecule has 0 aliphatic heterocycles. The Morgan fingerprint density at radius 1 is 0.870 bits per heavy atom. The van der Waals surface area contributed by atoms with Crippen LogP contribution in [0.4, 0.5) is 0 Å². The summed E-state index contributed by atoms with van der Waals surface area (Å²) in [6.45, 7) is 11.5. The minimum absolute atomic E-state index is 0. The van der Waals surface area contributed by atoms with Crippen LogP contribution in [0.2, 0.25) is 0 Å². The van der Waals surface area contributed by atoms with Crippen molar-refractivity contribution in [3.05, 3.63) is 12.2 Å². The van der Waals surface area contributed by atoms with E-state index in [1.165, 1.54) is 45.7 Å². The molecule has 4 nitrogen and oxygen atoms in total. The van der Waals surface area contributed by atoms with Gasteiger partial charge in [0.05, 0.1) is 61.3 Å². The van der Waals surface area contributed by atoms with Gasteiger partial charge >= 0.3 is 0 Å². The molecular weight excluding hydrogens is 312 g/mol. The lowest BCUT2D eigenvalue weighted by Crippen LogP contribution is -3.00. The van der Waals surface area contributed by atoms with Crippen molar-refractivity contribution in [1.29, 1.82) is 0 Å². The summed E-state index contributed by atoms with van der Waals surface area (Å²) in [5, 5.41) is 9.49. The molecule has 0 heterocycles. The maximum absolute atomic E-state index is 9.49. The number of carboxylic acid groups (broad SMARTS) is 1. The van der Waals surface area contributed by atoms with Gasteiger partial charge in [-0.1, -0.05) is 33.3 Å². The van der Waals surface area contributed by atoms with Gasteiger partial charge in [-0.15, -0.1) is 0 Å². The van der Waals surface area contributed by atoms with E-state index < -0.39 is 5.97 Å². The Labute approximate surface area is 151 Å². The molecule has 0 atom stereocenters. The number of carboxylic acids is 1. The van der Waals surface area contributed by atoms with Crippen molar-refractivity contribution in [2.24, 2.45) is 0 Å². The highest BCUT2D eigenvalue weighted by atomic mass is 35.5. The summed E-state index contributed by atoms with van der Waals surface area (Å²) in [7, 11) is 13.4. The van der Waals surface area contributed by atoms with Gasteiger partial charge in [0, 0.05) is 0 Å². The lowest BCUT2D eigenvalue weighted by atomic mass is 10.3. The minimum atomic E-state index is -1.19. The first-order valence-corrected chi connectivity index (χ1v) is 8.24. The third-order valence-corrected chi connectivity index (χ3v) is 2.71. The fraction of sp³-hybridized carbons (Fsp3) is 0.833. The third kappa shape index (κ3) is 44.9. The second-order valence-electron chi connectivity index (χ2n) is 7.80. The molecule has 0 amide bonds. The molecule has 0 fully saturated rings. The van der Waals surface area contributed by atoms with Crippen LogP contribution in [0.25, 0.3) is 0 Å². The molecule has 0 aromatic rings. The van der Waals surface area contributed by atoms with Crippen LogP contribution >= 0.6 is 0 Å². The lowest BCUT2D eigenvalue weighted by molar-refractivity contribution is -0.870. The summed E-state index contributed by atoms with van der Waals surface area (Å²) in [4.78, 5) is 9.49. The molecule has 23 heavy (non-hydrogen) atoms. The maximum atomic E-state index is 9.49. The Kier molecular flexibility index (Phi) is 21.5. The van der Waals surface area contributed by atoms with Crippen LogP contribution in [-0.2, 0) is 4.79 Å². The van der Waals surface area contributed by atoms with Crippen LogP contribution < -0.4 is 17.5 Å². The zero-order chi connectivity index (χ0) is 18.4. The zero-order valence-electron chi connectivity index (χ0n) is 17.0. The van der Waals surface area contributed by atoms with Crippen molar-refractivity contribution < 1.29 is 31.3 Å². The predicted octanol–water partition coefficient (Wildman–Crippen LogP) is -0.698. The zero-order valence-corrected chi connectivity index (χ0v) is 17.8. The number of carbonyl (C=O) groups is 1. The SMILES string of the molecule is C=C(C)C(=O)[O-].CCCC[N+](C)(C)C.CCCC[N+](C)(C)C.[Cl-]. The van der Waals surface area contributed by atoms with Crippen LogP contribution in [0.3, 0.4) is 0 Å². The molecule has 0 saturated heterocycles. The van der Waals surface area contributed by atoms with Crippen LogP contribution in [0.5, 0.6) is 0 Å². The molecule has 5 heteroatoms. The fourth-order valence-corrected chi connectivity index (χ4v) is 1.26. The van der Waals surface area contributed by atoms with Crippen molar-refractivity contribution in [3.63, 3.8) is 0 Å². The smallest absolute Gasteiger partial charge is 0.0780 e. The summed E-state index contributed by atoms with van der Waals surface area (Å²) in [5.41, 5.74) is 0.0648. The highest BCUT2D eigenvalue weighted by Gasteiger charge is 2.03. The van der Waals surface area contributed by atoms with Crippen LogP contribution in [-0.4, -0.2) is 70.3 Å². The molecule has 0 spiro atoms. The lowest BCUT2D eigenvalue weighted by Gasteiger charge is -2.23. The Morgan fingerprint density at radius 3 is 1.13 bits per heavy atom. The van der Waals surface area contributed by atoms with Crippen molar-refractivity contribution in [1.82, 2.24) is 0 Å². The van der Waals surface area contributed by atoms with Gasteiger partial charge in [-0.25, -0.2) is 0 Å². The second-order valence-corrected chi connectivity index (χ2v) is 7.80. The Morgan fingerprint density at radius 2 is 1.09 bits per heavy atom. The first-order chi connectivity index (χ1) is 9.76. The molecule has 0 bridgehead atoms. The number of hydrogen-bond acceptors (Lipinski definition) is 2. The Hall–Kier alpha value is -0.580. The summed E-state index contributed by atoms with van der Waals surface area (Å²) in [5.74, 6) is -1.19. The highest BCUT2D eigenvalue weighted by molar-refractivity contribution is 5.82. The Bertz CT molecular complexity index is 262. The first-order valence-electron chi connectivity index (χ1n) is 8.24. The van der Waals surface area contributed by atoms with Crippen LogP contribution in [0, 0.1) is 0 Å². The molecular formula is C18H41ClN2O2. The van der Waals surface area contributed by atoms with E-state index in [-0.39, 0.29) is 18.0 Å². The average molecular weight is 353 g/mol. The molecule has 0 saturated carbocycles. The Balaban J connectivity index is -0.000000117. The summed E-state index contributed by atoms with van der Waals surface area (Å²) in [6, 6.07) is 0. The van der Waals surface area contributed by atoms with Gasteiger partial charge < -0.3 is 31.3 Å². The maximum Gasteiger partial charge on any atom is 0.0780 e. The van der Waals surface area contributed by atoms with Crippen LogP contribution in [0.15, 0.2) is 12.2 Å². The van der Waals surface area contributed by atoms with Gasteiger partial charge in [0.25, 0.3) is 0 Å². The van der Waals surface area contributed by atoms with Gasteiger partial charge in [0.15, 0.2) is 0 Å². The predicted molar refractivity (Wildman–Crippen MR) is 95.4 cm³/mol. The van der Waals surface area contributed by atoms with Gasteiger partial charge in [-0.3, -0.25) is 0 Å². The summed E-state index contributed by atoms with van der Waals surface area (Å²) in [6.07, 6.45) is 5.33. The van der Waals surface area contributed by atoms with Crippen molar-refractivity contribution in [2.75, 3.05) is 55.4 Å². The standard InChI is InChI=1S/2C7H18N.C4H6O2.ClH/c2*1-5-6-7-8(2,3)4;1-3(2)4(5)6;/h2*5-7H2,1-4H3;1H2,2H3,(H,5,6);1H/q2*+1;;/p-2. The quantitative estimate of drug-likeness (QED) is 0.449. The molecule has 0 aromatic heterocycles. The number of unbranched alkanes of at least 4 members (excludes halogenated alkanes) is 2. The van der Waals surface area contributed by atoms with E-state index in [2.05, 4.69) is 62.7 Å². The van der Waals surface area contributed by atoms with Crippen molar-refractivity contribution in [3.8, 4) is 0 Å². The number of quaternary nitrogens is 2. The first kappa shape index (κ1) is 30.3. The highest BCUT2D eigenvalue weighted by Crippen LogP contribution is 1.95. The van der Waals surface area contributed by atoms with E-state index in [0.29, 0.717) is 0 Å². The van der Waals surface area contributed by atoms with Gasteiger partial charge in [-0.05, 0) is 25.3 Å².